The highest BCUT2D eigenvalue weighted by Crippen LogP contribution is 2.27. The molecule has 1 atom stereocenters. The van der Waals surface area contributed by atoms with Crippen molar-refractivity contribution in [2.75, 3.05) is 0 Å². The molecule has 0 radical (unpaired) electrons. The van der Waals surface area contributed by atoms with Crippen molar-refractivity contribution in [3.63, 3.8) is 0 Å². The number of azo groups is 1. The molecule has 0 bridgehead atoms. The van der Waals surface area contributed by atoms with Crippen LogP contribution in [0.2, 0.25) is 0 Å². The highest BCUT2D eigenvalue weighted by Gasteiger charge is 2.29. The summed E-state index contributed by atoms with van der Waals surface area (Å²) in [4.78, 5) is 10.1. The van der Waals surface area contributed by atoms with Crippen LogP contribution in [0.4, 0.5) is 0 Å². The Labute approximate surface area is 67.9 Å². The van der Waals surface area contributed by atoms with Gasteiger partial charge in [-0.1, -0.05) is 6.08 Å². The van der Waals surface area contributed by atoms with Crippen LogP contribution in [0.15, 0.2) is 45.9 Å². The normalized spacial score (nSPS) is 24.8. The van der Waals surface area contributed by atoms with Crippen LogP contribution in [0.3, 0.4) is 0 Å². The van der Waals surface area contributed by atoms with Crippen molar-refractivity contribution in [3.8, 4) is 0 Å². The van der Waals surface area contributed by atoms with Crippen LogP contribution in [-0.2, 0) is 0 Å². The number of fused-ring (bicyclic) bond motifs is 1. The number of nitro groups is 1. The van der Waals surface area contributed by atoms with E-state index in [1.807, 2.05) is 0 Å². The molecule has 0 aromatic heterocycles. The van der Waals surface area contributed by atoms with E-state index in [1.54, 1.807) is 12.2 Å². The van der Waals surface area contributed by atoms with E-state index in [4.69, 9.17) is 0 Å². The predicted octanol–water partition coefficient (Wildman–Crippen LogP) is 1.44. The van der Waals surface area contributed by atoms with Crippen molar-refractivity contribution in [2.45, 2.75) is 6.04 Å². The minimum absolute atomic E-state index is 0.355. The lowest BCUT2D eigenvalue weighted by Crippen LogP contribution is -2.20. The lowest BCUT2D eigenvalue weighted by molar-refractivity contribution is -0.498. The standard InChI is InChI=1S/C7H5N3O2/c11-10(12)7-3-1-2-6-5(7)4-8-9-6/h1-4,7H/t7-/m1/s1. The summed E-state index contributed by atoms with van der Waals surface area (Å²) in [5.74, 6) is 0. The smallest absolute Gasteiger partial charge is 0.260 e. The van der Waals surface area contributed by atoms with Crippen molar-refractivity contribution in [3.05, 3.63) is 45.8 Å². The molecule has 0 aromatic carbocycles. The molecule has 0 aromatic rings. The average molecular weight is 163 g/mol. The maximum atomic E-state index is 10.5. The van der Waals surface area contributed by atoms with Gasteiger partial charge in [0.05, 0.1) is 17.5 Å². The summed E-state index contributed by atoms with van der Waals surface area (Å²) in [5.41, 5.74) is 1.17. The zero-order chi connectivity index (χ0) is 8.55. The van der Waals surface area contributed by atoms with E-state index in [1.165, 1.54) is 12.3 Å². The van der Waals surface area contributed by atoms with E-state index in [9.17, 15) is 10.1 Å². The third-order valence-corrected chi connectivity index (χ3v) is 1.75. The van der Waals surface area contributed by atoms with Gasteiger partial charge in [-0.25, -0.2) is 0 Å². The summed E-state index contributed by atoms with van der Waals surface area (Å²) >= 11 is 0. The SMILES string of the molecule is O=[N+]([O-])[C@@H]1C=CC=C2N=NC=C21. The van der Waals surface area contributed by atoms with Crippen molar-refractivity contribution >= 4 is 0 Å². The van der Waals surface area contributed by atoms with Gasteiger partial charge in [-0.05, 0) is 12.2 Å². The monoisotopic (exact) mass is 163 g/mol. The minimum atomic E-state index is -0.778. The van der Waals surface area contributed by atoms with Gasteiger partial charge in [-0.3, -0.25) is 10.1 Å². The van der Waals surface area contributed by atoms with E-state index in [2.05, 4.69) is 10.2 Å². The Kier molecular flexibility index (Phi) is 1.36. The molecule has 0 amide bonds. The molecule has 0 saturated carbocycles. The molecule has 60 valence electrons. The van der Waals surface area contributed by atoms with E-state index >= 15 is 0 Å². The van der Waals surface area contributed by atoms with Crippen LogP contribution >= 0.6 is 0 Å². The first-order valence-corrected chi connectivity index (χ1v) is 3.42. The van der Waals surface area contributed by atoms with E-state index in [0.29, 0.717) is 11.3 Å². The molecule has 2 aliphatic rings. The largest absolute Gasteiger partial charge is 0.264 e. The number of rotatable bonds is 1. The number of hydrogen-bond acceptors (Lipinski definition) is 4. The van der Waals surface area contributed by atoms with Crippen molar-refractivity contribution < 1.29 is 4.92 Å². The molecule has 12 heavy (non-hydrogen) atoms. The average Bonchev–Trinajstić information content (AvgIpc) is 2.49. The molecule has 0 N–H and O–H groups in total. The van der Waals surface area contributed by atoms with Gasteiger partial charge in [0, 0.05) is 4.92 Å². The molecule has 0 saturated heterocycles. The fourth-order valence-electron chi connectivity index (χ4n) is 1.17. The Morgan fingerprint density at radius 2 is 2.42 bits per heavy atom. The van der Waals surface area contributed by atoms with Crippen LogP contribution in [0.5, 0.6) is 0 Å². The van der Waals surface area contributed by atoms with Crippen LogP contribution in [-0.4, -0.2) is 11.0 Å². The molecule has 1 aliphatic heterocycles. The molecule has 5 nitrogen and oxygen atoms in total. The van der Waals surface area contributed by atoms with Gasteiger partial charge >= 0.3 is 0 Å². The molecular formula is C7H5N3O2. The van der Waals surface area contributed by atoms with Crippen molar-refractivity contribution in [1.82, 2.24) is 0 Å². The lowest BCUT2D eigenvalue weighted by Gasteiger charge is -2.08. The number of hydrogen-bond donors (Lipinski definition) is 0. The van der Waals surface area contributed by atoms with Gasteiger partial charge in [0.25, 0.3) is 6.04 Å². The number of nitrogens with zero attached hydrogens (tertiary/aromatic N) is 3. The van der Waals surface area contributed by atoms with E-state index in [0.717, 1.165) is 0 Å². The summed E-state index contributed by atoms with van der Waals surface area (Å²) in [7, 11) is 0. The van der Waals surface area contributed by atoms with Crippen molar-refractivity contribution in [2.24, 2.45) is 10.2 Å². The topological polar surface area (TPSA) is 67.9 Å². The van der Waals surface area contributed by atoms with Crippen LogP contribution in [0, 0.1) is 10.1 Å². The maximum Gasteiger partial charge on any atom is 0.260 e. The van der Waals surface area contributed by atoms with Crippen LogP contribution in [0.25, 0.3) is 0 Å². The summed E-state index contributed by atoms with van der Waals surface area (Å²) in [6.45, 7) is 0. The lowest BCUT2D eigenvalue weighted by atomic mass is 10.0. The maximum absolute atomic E-state index is 10.5. The molecule has 5 heteroatoms. The first-order chi connectivity index (χ1) is 5.79. The highest BCUT2D eigenvalue weighted by atomic mass is 16.6. The second kappa shape index (κ2) is 2.37. The predicted molar refractivity (Wildman–Crippen MR) is 40.9 cm³/mol. The zero-order valence-corrected chi connectivity index (χ0v) is 6.04. The summed E-state index contributed by atoms with van der Waals surface area (Å²) < 4.78 is 0. The van der Waals surface area contributed by atoms with E-state index < -0.39 is 6.04 Å². The summed E-state index contributed by atoms with van der Waals surface area (Å²) in [6, 6.07) is -0.778. The summed E-state index contributed by atoms with van der Waals surface area (Å²) in [6.07, 6.45) is 6.29. The Morgan fingerprint density at radius 1 is 1.58 bits per heavy atom. The highest BCUT2D eigenvalue weighted by molar-refractivity contribution is 5.43. The molecule has 1 aliphatic carbocycles. The zero-order valence-electron chi connectivity index (χ0n) is 6.04. The molecular weight excluding hydrogens is 158 g/mol. The fraction of sp³-hybridized carbons (Fsp3) is 0.143. The second-order valence-electron chi connectivity index (χ2n) is 2.47. The third kappa shape index (κ3) is 0.868. The quantitative estimate of drug-likeness (QED) is 0.433. The van der Waals surface area contributed by atoms with Gasteiger partial charge in [-0.15, -0.1) is 0 Å². The molecule has 1 heterocycles. The van der Waals surface area contributed by atoms with Crippen molar-refractivity contribution in [1.29, 1.82) is 0 Å². The molecule has 0 unspecified atom stereocenters. The Bertz CT molecular complexity index is 352. The minimum Gasteiger partial charge on any atom is -0.264 e. The van der Waals surface area contributed by atoms with E-state index in [-0.39, 0.29) is 4.92 Å². The first kappa shape index (κ1) is 6.90. The molecule has 2 rings (SSSR count). The summed E-state index contributed by atoms with van der Waals surface area (Å²) in [5, 5.41) is 17.8. The van der Waals surface area contributed by atoms with Gasteiger partial charge in [0.2, 0.25) is 0 Å². The third-order valence-electron chi connectivity index (χ3n) is 1.75. The number of allylic oxidation sites excluding steroid dienone is 2. The van der Waals surface area contributed by atoms with Crippen LogP contribution in [0.1, 0.15) is 0 Å². The fourth-order valence-corrected chi connectivity index (χ4v) is 1.17. The van der Waals surface area contributed by atoms with Gasteiger partial charge in [-0.2, -0.15) is 10.2 Å². The van der Waals surface area contributed by atoms with Crippen LogP contribution < -0.4 is 0 Å². The molecule has 0 fully saturated rings. The first-order valence-electron chi connectivity index (χ1n) is 3.42. The van der Waals surface area contributed by atoms with Gasteiger partial charge < -0.3 is 0 Å². The molecule has 0 spiro atoms. The Morgan fingerprint density at radius 3 is 3.17 bits per heavy atom. The second-order valence-corrected chi connectivity index (χ2v) is 2.47. The Hall–Kier alpha value is -1.78. The Balaban J connectivity index is 2.39. The van der Waals surface area contributed by atoms with Gasteiger partial charge in [0.15, 0.2) is 0 Å². The van der Waals surface area contributed by atoms with Gasteiger partial charge in [0.1, 0.15) is 0 Å².